The Hall–Kier alpha value is -1.65. The molecule has 2 heterocycles. The van der Waals surface area contributed by atoms with E-state index in [4.69, 9.17) is 5.73 Å². The van der Waals surface area contributed by atoms with Gasteiger partial charge < -0.3 is 10.3 Å². The number of fused-ring (bicyclic) bond motifs is 1. The molecule has 2 aromatic heterocycles. The summed E-state index contributed by atoms with van der Waals surface area (Å²) in [5.41, 5.74) is 9.39. The summed E-state index contributed by atoms with van der Waals surface area (Å²) < 4.78 is 2.25. The summed E-state index contributed by atoms with van der Waals surface area (Å²) in [6.07, 6.45) is 2.12. The average molecular weight is 271 g/mol. The fourth-order valence-electron chi connectivity index (χ4n) is 2.39. The Balaban J connectivity index is 2.05. The zero-order valence-electron chi connectivity index (χ0n) is 11.2. The van der Waals surface area contributed by atoms with E-state index in [-0.39, 0.29) is 0 Å². The van der Waals surface area contributed by atoms with Crippen LogP contribution in [0.2, 0.25) is 0 Å². The van der Waals surface area contributed by atoms with Gasteiger partial charge in [-0.05, 0) is 30.9 Å². The van der Waals surface area contributed by atoms with Crippen molar-refractivity contribution in [3.8, 4) is 0 Å². The molecule has 0 unspecified atom stereocenters. The van der Waals surface area contributed by atoms with Gasteiger partial charge in [-0.2, -0.15) is 0 Å². The second-order valence-corrected chi connectivity index (χ2v) is 6.04. The number of thiazole rings is 1. The Bertz CT molecular complexity index is 705. The third-order valence-electron chi connectivity index (χ3n) is 3.47. The SMILES string of the molecule is Cc1nc(Cn2ccc3cccc(CN)c32)sc1C. The van der Waals surface area contributed by atoms with Crippen LogP contribution in [0.25, 0.3) is 10.9 Å². The molecule has 0 bridgehead atoms. The van der Waals surface area contributed by atoms with E-state index in [1.807, 2.05) is 0 Å². The van der Waals surface area contributed by atoms with Gasteiger partial charge in [-0.25, -0.2) is 4.98 Å². The van der Waals surface area contributed by atoms with Crippen molar-refractivity contribution in [3.05, 3.63) is 51.6 Å². The summed E-state index contributed by atoms with van der Waals surface area (Å²) in [5, 5.41) is 2.40. The van der Waals surface area contributed by atoms with Gasteiger partial charge in [0.05, 0.1) is 17.8 Å². The first-order valence-electron chi connectivity index (χ1n) is 6.38. The Morgan fingerprint density at radius 1 is 1.26 bits per heavy atom. The summed E-state index contributed by atoms with van der Waals surface area (Å²) >= 11 is 1.77. The monoisotopic (exact) mass is 271 g/mol. The molecule has 3 aromatic rings. The zero-order valence-corrected chi connectivity index (χ0v) is 12.0. The molecule has 3 rings (SSSR count). The van der Waals surface area contributed by atoms with Crippen molar-refractivity contribution < 1.29 is 0 Å². The molecule has 2 N–H and O–H groups in total. The van der Waals surface area contributed by atoms with Gasteiger partial charge in [0.15, 0.2) is 0 Å². The lowest BCUT2D eigenvalue weighted by Crippen LogP contribution is -2.03. The molecule has 4 heteroatoms. The summed E-state index contributed by atoms with van der Waals surface area (Å²) in [4.78, 5) is 5.91. The second-order valence-electron chi connectivity index (χ2n) is 4.75. The van der Waals surface area contributed by atoms with E-state index >= 15 is 0 Å². The normalized spacial score (nSPS) is 11.3. The second kappa shape index (κ2) is 4.79. The maximum absolute atomic E-state index is 5.84. The van der Waals surface area contributed by atoms with Crippen molar-refractivity contribution >= 4 is 22.2 Å². The smallest absolute Gasteiger partial charge is 0.113 e. The Labute approximate surface area is 116 Å². The van der Waals surface area contributed by atoms with Crippen molar-refractivity contribution in [1.82, 2.24) is 9.55 Å². The first kappa shape index (κ1) is 12.4. The Morgan fingerprint density at radius 2 is 2.11 bits per heavy atom. The van der Waals surface area contributed by atoms with E-state index in [0.29, 0.717) is 6.54 Å². The quantitative estimate of drug-likeness (QED) is 0.795. The Morgan fingerprint density at radius 3 is 2.79 bits per heavy atom. The molecule has 0 aliphatic heterocycles. The van der Waals surface area contributed by atoms with E-state index in [2.05, 4.69) is 53.9 Å². The lowest BCUT2D eigenvalue weighted by Gasteiger charge is -2.07. The van der Waals surface area contributed by atoms with Crippen LogP contribution in [0.1, 0.15) is 21.1 Å². The van der Waals surface area contributed by atoms with Gasteiger partial charge in [0.25, 0.3) is 0 Å². The third kappa shape index (κ3) is 2.17. The van der Waals surface area contributed by atoms with Crippen molar-refractivity contribution in [2.45, 2.75) is 26.9 Å². The number of nitrogens with zero attached hydrogens (tertiary/aromatic N) is 2. The predicted molar refractivity (Wildman–Crippen MR) is 80.5 cm³/mol. The van der Waals surface area contributed by atoms with Gasteiger partial charge in [-0.3, -0.25) is 0 Å². The van der Waals surface area contributed by atoms with Crippen LogP contribution >= 0.6 is 11.3 Å². The molecule has 0 spiro atoms. The summed E-state index contributed by atoms with van der Waals surface area (Å²) in [7, 11) is 0. The zero-order chi connectivity index (χ0) is 13.4. The van der Waals surface area contributed by atoms with Crippen LogP contribution in [0.4, 0.5) is 0 Å². The van der Waals surface area contributed by atoms with Crippen LogP contribution in [-0.4, -0.2) is 9.55 Å². The van der Waals surface area contributed by atoms with Crippen molar-refractivity contribution in [2.75, 3.05) is 0 Å². The summed E-state index contributed by atoms with van der Waals surface area (Å²) in [6, 6.07) is 8.43. The van der Waals surface area contributed by atoms with E-state index < -0.39 is 0 Å². The lowest BCUT2D eigenvalue weighted by molar-refractivity contribution is 0.818. The van der Waals surface area contributed by atoms with Gasteiger partial charge in [-0.1, -0.05) is 18.2 Å². The highest BCUT2D eigenvalue weighted by atomic mass is 32.1. The number of aryl methyl sites for hydroxylation is 2. The number of aromatic nitrogens is 2. The predicted octanol–water partition coefficient (Wildman–Crippen LogP) is 3.22. The van der Waals surface area contributed by atoms with Crippen molar-refractivity contribution in [3.63, 3.8) is 0 Å². The van der Waals surface area contributed by atoms with Crippen molar-refractivity contribution in [2.24, 2.45) is 5.73 Å². The number of benzene rings is 1. The minimum absolute atomic E-state index is 0.567. The molecule has 19 heavy (non-hydrogen) atoms. The number of rotatable bonds is 3. The highest BCUT2D eigenvalue weighted by molar-refractivity contribution is 7.11. The molecule has 98 valence electrons. The maximum Gasteiger partial charge on any atom is 0.113 e. The molecule has 0 amide bonds. The van der Waals surface area contributed by atoms with E-state index in [1.165, 1.54) is 21.3 Å². The molecular formula is C15H17N3S. The van der Waals surface area contributed by atoms with Gasteiger partial charge >= 0.3 is 0 Å². The topological polar surface area (TPSA) is 43.8 Å². The fraction of sp³-hybridized carbons (Fsp3) is 0.267. The standard InChI is InChI=1S/C15H17N3S/c1-10-11(2)19-14(17-10)9-18-7-6-12-4-3-5-13(8-16)15(12)18/h3-7H,8-9,16H2,1-2H3. The average Bonchev–Trinajstić information content (AvgIpc) is 2.94. The van der Waals surface area contributed by atoms with E-state index in [1.54, 1.807) is 11.3 Å². The molecule has 0 saturated carbocycles. The molecule has 0 atom stereocenters. The highest BCUT2D eigenvalue weighted by Crippen LogP contribution is 2.23. The Kier molecular flexibility index (Phi) is 3.12. The van der Waals surface area contributed by atoms with Crippen molar-refractivity contribution in [1.29, 1.82) is 0 Å². The minimum Gasteiger partial charge on any atom is -0.340 e. The fourth-order valence-corrected chi connectivity index (χ4v) is 3.32. The van der Waals surface area contributed by atoms with Crippen LogP contribution in [0.5, 0.6) is 0 Å². The van der Waals surface area contributed by atoms with E-state index in [0.717, 1.165) is 17.2 Å². The molecule has 0 fully saturated rings. The maximum atomic E-state index is 5.84. The van der Waals surface area contributed by atoms with Crippen LogP contribution in [-0.2, 0) is 13.1 Å². The first-order valence-corrected chi connectivity index (χ1v) is 7.20. The third-order valence-corrected chi connectivity index (χ3v) is 4.53. The highest BCUT2D eigenvalue weighted by Gasteiger charge is 2.09. The van der Waals surface area contributed by atoms with Crippen LogP contribution in [0, 0.1) is 13.8 Å². The van der Waals surface area contributed by atoms with Gasteiger partial charge in [0, 0.05) is 17.6 Å². The molecule has 0 aliphatic carbocycles. The van der Waals surface area contributed by atoms with Gasteiger partial charge in [-0.15, -0.1) is 11.3 Å². The largest absolute Gasteiger partial charge is 0.340 e. The molecule has 0 saturated heterocycles. The molecule has 0 aliphatic rings. The van der Waals surface area contributed by atoms with Crippen LogP contribution < -0.4 is 5.73 Å². The van der Waals surface area contributed by atoms with Gasteiger partial charge in [0.2, 0.25) is 0 Å². The van der Waals surface area contributed by atoms with E-state index in [9.17, 15) is 0 Å². The molecule has 1 aromatic carbocycles. The molecule has 0 radical (unpaired) electrons. The van der Waals surface area contributed by atoms with Gasteiger partial charge in [0.1, 0.15) is 5.01 Å². The number of hydrogen-bond acceptors (Lipinski definition) is 3. The summed E-state index contributed by atoms with van der Waals surface area (Å²) in [5.74, 6) is 0. The first-order chi connectivity index (χ1) is 9.19. The van der Waals surface area contributed by atoms with Crippen LogP contribution in [0.3, 0.4) is 0 Å². The lowest BCUT2D eigenvalue weighted by atomic mass is 10.1. The minimum atomic E-state index is 0.567. The number of hydrogen-bond donors (Lipinski definition) is 1. The number of para-hydroxylation sites is 1. The molecule has 3 nitrogen and oxygen atoms in total. The summed E-state index contributed by atoms with van der Waals surface area (Å²) in [6.45, 7) is 5.57. The van der Waals surface area contributed by atoms with Crippen LogP contribution in [0.15, 0.2) is 30.5 Å². The number of nitrogens with two attached hydrogens (primary N) is 1. The molecular weight excluding hydrogens is 254 g/mol.